The number of methoxy groups -OCH3 is 1. The van der Waals surface area contributed by atoms with Gasteiger partial charge in [-0.15, -0.1) is 0 Å². The van der Waals surface area contributed by atoms with Crippen molar-refractivity contribution >= 4 is 0 Å². The van der Waals surface area contributed by atoms with E-state index in [0.717, 1.165) is 0 Å². The van der Waals surface area contributed by atoms with Gasteiger partial charge in [0.1, 0.15) is 6.61 Å². The minimum Gasteiger partial charge on any atom is -0.376 e. The summed E-state index contributed by atoms with van der Waals surface area (Å²) in [7, 11) is 1.63. The number of ether oxygens (including phenoxy) is 1. The first-order valence-corrected chi connectivity index (χ1v) is 2.53. The maximum absolute atomic E-state index is 5.04. The lowest BCUT2D eigenvalue weighted by Crippen LogP contribution is -2.20. The van der Waals surface area contributed by atoms with Crippen molar-refractivity contribution < 1.29 is 4.74 Å². The highest BCUT2D eigenvalue weighted by molar-refractivity contribution is 4.92. The van der Waals surface area contributed by atoms with E-state index in [9.17, 15) is 0 Å². The molecule has 46 valence electrons. The zero-order chi connectivity index (χ0) is 6.62. The monoisotopic (exact) mass is 114 g/mol. The molecule has 0 amide bonds. The molecule has 0 spiro atoms. The molecule has 2 nitrogen and oxygen atoms in total. The van der Waals surface area contributed by atoms with E-state index in [0.29, 0.717) is 6.61 Å². The average Bonchev–Trinajstić information content (AvgIpc) is 1.67. The zero-order valence-electron chi connectivity index (χ0n) is 5.64. The number of hydrogen-bond donors (Lipinski definition) is 0. The molecule has 0 bridgehead atoms. The van der Waals surface area contributed by atoms with Gasteiger partial charge in [-0.1, -0.05) is 4.85 Å². The Hall–Kier alpha value is -0.550. The zero-order valence-corrected chi connectivity index (χ0v) is 5.64. The quantitative estimate of drug-likeness (QED) is 0.528. The molecule has 0 fully saturated rings. The molecule has 0 saturated carbocycles. The van der Waals surface area contributed by atoms with Gasteiger partial charge in [0.2, 0.25) is 0 Å². The molecule has 0 unspecified atom stereocenters. The summed E-state index contributed by atoms with van der Waals surface area (Å²) in [5.74, 6) is 0. The fourth-order valence-corrected chi connectivity index (χ4v) is 0.390. The Morgan fingerprint density at radius 1 is 1.62 bits per heavy atom. The molecule has 0 aromatic rings. The van der Waals surface area contributed by atoms with Crippen LogP contribution in [0.25, 0.3) is 4.85 Å². The van der Waals surface area contributed by atoms with Crippen molar-refractivity contribution in [3.63, 3.8) is 0 Å². The van der Waals surface area contributed by atoms with Gasteiger partial charge in [0.15, 0.2) is 0 Å². The van der Waals surface area contributed by atoms with E-state index in [4.69, 9.17) is 11.3 Å². The lowest BCUT2D eigenvalue weighted by Gasteiger charge is -2.02. The van der Waals surface area contributed by atoms with Crippen LogP contribution in [0.2, 0.25) is 0 Å². The van der Waals surface area contributed by atoms with Crippen LogP contribution >= 0.6 is 0 Å². The molecule has 0 aromatic carbocycles. The predicted molar refractivity (Wildman–Crippen MR) is 34.3 cm³/mol. The van der Waals surface area contributed by atoms with Crippen molar-refractivity contribution in [3.8, 4) is 6.57 Å². The molecule has 0 rings (SSSR count). The second-order valence-electron chi connectivity index (χ2n) is 2.37. The van der Waals surface area contributed by atoms with Crippen molar-refractivity contribution in [2.75, 3.05) is 13.7 Å². The van der Waals surface area contributed by atoms with Crippen molar-refractivity contribution in [1.82, 2.24) is 0 Å². The van der Waals surface area contributed by atoms with Crippen LogP contribution in [0.5, 0.6) is 0 Å². The number of hydrogen-bond acceptors (Lipinski definition) is 1. The molecule has 0 N–H and O–H groups in total. The standard InChI is InChI=1S/C6H12NO/c1-6(2,7-3)5-8-4/h3H,5H2,1-2,4H3/q+1. The van der Waals surface area contributed by atoms with Crippen LogP contribution in [0.15, 0.2) is 0 Å². The van der Waals surface area contributed by atoms with Crippen LogP contribution < -0.4 is 0 Å². The first kappa shape index (κ1) is 7.45. The third kappa shape index (κ3) is 2.59. The van der Waals surface area contributed by atoms with E-state index < -0.39 is 0 Å². The molecule has 0 saturated heterocycles. The fourth-order valence-electron chi connectivity index (χ4n) is 0.390. The largest absolute Gasteiger partial charge is 0.376 e. The summed E-state index contributed by atoms with van der Waals surface area (Å²) in [5, 5.41) is 0. The molecule has 8 heavy (non-hydrogen) atoms. The summed E-state index contributed by atoms with van der Waals surface area (Å²) in [6.45, 7) is 9.44. The predicted octanol–water partition coefficient (Wildman–Crippen LogP) is 1.37. The van der Waals surface area contributed by atoms with Crippen LogP contribution in [-0.2, 0) is 4.74 Å². The maximum Gasteiger partial charge on any atom is 0.298 e. The van der Waals surface area contributed by atoms with Crippen LogP contribution in [0.3, 0.4) is 0 Å². The maximum atomic E-state index is 5.04. The van der Waals surface area contributed by atoms with E-state index in [1.807, 2.05) is 13.8 Å². The van der Waals surface area contributed by atoms with Crippen LogP contribution in [0, 0.1) is 6.57 Å². The van der Waals surface area contributed by atoms with Gasteiger partial charge >= 0.3 is 0 Å². The van der Waals surface area contributed by atoms with Crippen molar-refractivity contribution in [1.29, 1.82) is 0 Å². The highest BCUT2D eigenvalue weighted by atomic mass is 16.5. The van der Waals surface area contributed by atoms with Gasteiger partial charge in [-0.25, -0.2) is 0 Å². The van der Waals surface area contributed by atoms with Gasteiger partial charge in [-0.3, -0.25) is 0 Å². The molecule has 0 aromatic heterocycles. The second-order valence-corrected chi connectivity index (χ2v) is 2.37. The smallest absolute Gasteiger partial charge is 0.298 e. The van der Waals surface area contributed by atoms with E-state index in [2.05, 4.69) is 4.85 Å². The van der Waals surface area contributed by atoms with Gasteiger partial charge in [0.25, 0.3) is 12.1 Å². The molecule has 2 heteroatoms. The normalized spacial score (nSPS) is 10.8. The molecule has 0 atom stereocenters. The van der Waals surface area contributed by atoms with Gasteiger partial charge in [-0.05, 0) is 0 Å². The van der Waals surface area contributed by atoms with Gasteiger partial charge in [-0.2, -0.15) is 0 Å². The van der Waals surface area contributed by atoms with E-state index in [1.54, 1.807) is 7.11 Å². The summed E-state index contributed by atoms with van der Waals surface area (Å²) in [6, 6.07) is 0. The summed E-state index contributed by atoms with van der Waals surface area (Å²) in [4.78, 5) is 3.59. The molecule has 0 aliphatic carbocycles. The summed E-state index contributed by atoms with van der Waals surface area (Å²) >= 11 is 0. The Balaban J connectivity index is 3.59. The third-order valence-electron chi connectivity index (χ3n) is 0.847. The highest BCUT2D eigenvalue weighted by Gasteiger charge is 2.26. The summed E-state index contributed by atoms with van der Waals surface area (Å²) in [5.41, 5.74) is -0.227. The first-order valence-electron chi connectivity index (χ1n) is 2.53. The number of rotatable bonds is 2. The first-order chi connectivity index (χ1) is 3.62. The lowest BCUT2D eigenvalue weighted by molar-refractivity contribution is 0.164. The Labute approximate surface area is 50.3 Å². The van der Waals surface area contributed by atoms with E-state index in [-0.39, 0.29) is 5.54 Å². The van der Waals surface area contributed by atoms with E-state index >= 15 is 0 Å². The molecule has 0 heterocycles. The molecule has 0 radical (unpaired) electrons. The van der Waals surface area contributed by atoms with Gasteiger partial charge in [0.05, 0.1) is 0 Å². The van der Waals surface area contributed by atoms with E-state index in [1.165, 1.54) is 0 Å². The van der Waals surface area contributed by atoms with Gasteiger partial charge < -0.3 is 4.74 Å². The SMILES string of the molecule is C#[N+]C(C)(C)COC. The van der Waals surface area contributed by atoms with Crippen molar-refractivity contribution in [2.45, 2.75) is 19.4 Å². The average molecular weight is 114 g/mol. The van der Waals surface area contributed by atoms with Crippen LogP contribution in [0.4, 0.5) is 0 Å². The molecular formula is C6H12NO+. The fraction of sp³-hybridized carbons (Fsp3) is 0.833. The minimum absolute atomic E-state index is 0.227. The Bertz CT molecular complexity index is 102. The van der Waals surface area contributed by atoms with Crippen molar-refractivity contribution in [2.24, 2.45) is 0 Å². The number of nitrogens with zero attached hydrogens (tertiary/aromatic N) is 1. The minimum atomic E-state index is -0.227. The Morgan fingerprint density at radius 3 is 2.25 bits per heavy atom. The highest BCUT2D eigenvalue weighted by Crippen LogP contribution is 2.06. The second kappa shape index (κ2) is 2.68. The lowest BCUT2D eigenvalue weighted by atomic mass is 10.1. The Morgan fingerprint density at radius 2 is 2.12 bits per heavy atom. The van der Waals surface area contributed by atoms with Gasteiger partial charge in [0, 0.05) is 21.0 Å². The summed E-state index contributed by atoms with van der Waals surface area (Å²) in [6.07, 6.45) is 0. The molecule has 0 aliphatic rings. The van der Waals surface area contributed by atoms with Crippen LogP contribution in [-0.4, -0.2) is 19.3 Å². The summed E-state index contributed by atoms with van der Waals surface area (Å²) < 4.78 is 4.82. The molecule has 0 aliphatic heterocycles. The third-order valence-corrected chi connectivity index (χ3v) is 0.847. The molecular weight excluding hydrogens is 102 g/mol. The topological polar surface area (TPSA) is 13.6 Å². The van der Waals surface area contributed by atoms with Crippen LogP contribution in [0.1, 0.15) is 13.8 Å². The van der Waals surface area contributed by atoms with Crippen molar-refractivity contribution in [3.05, 3.63) is 4.85 Å². The Kier molecular flexibility index (Phi) is 2.50.